The Morgan fingerprint density at radius 2 is 1.39 bits per heavy atom. The summed E-state index contributed by atoms with van der Waals surface area (Å²) in [6, 6.07) is 9.58. The van der Waals surface area contributed by atoms with E-state index in [0.29, 0.717) is 5.56 Å². The molecule has 0 fully saturated rings. The zero-order valence-corrected chi connectivity index (χ0v) is 20.7. The topological polar surface area (TPSA) is 133 Å². The molecule has 0 aliphatic rings. The lowest BCUT2D eigenvalue weighted by Crippen LogP contribution is -2.42. The molecule has 10 nitrogen and oxygen atoms in total. The maximum Gasteiger partial charge on any atom is 0.270 e. The van der Waals surface area contributed by atoms with Gasteiger partial charge in [-0.2, -0.15) is 4.31 Å². The van der Waals surface area contributed by atoms with Gasteiger partial charge in [-0.05, 0) is 42.8 Å². The van der Waals surface area contributed by atoms with E-state index >= 15 is 0 Å². The molecule has 0 atom stereocenters. The van der Waals surface area contributed by atoms with Crippen LogP contribution in [0.4, 0.5) is 0 Å². The first-order valence-electron chi connectivity index (χ1n) is 10.1. The number of aryl methyl sites for hydroxylation is 1. The largest absolute Gasteiger partial charge is 0.270 e. The fourth-order valence-corrected chi connectivity index (χ4v) is 5.41. The van der Waals surface area contributed by atoms with Crippen LogP contribution in [0.1, 0.15) is 40.1 Å². The zero-order chi connectivity index (χ0) is 25.0. The number of hydrazine groups is 1. The fourth-order valence-electron chi connectivity index (χ4n) is 2.98. The Morgan fingerprint density at radius 1 is 0.818 bits per heavy atom. The highest BCUT2D eigenvalue weighted by Crippen LogP contribution is 2.19. The van der Waals surface area contributed by atoms with E-state index < -0.39 is 31.9 Å². The van der Waals surface area contributed by atoms with Crippen molar-refractivity contribution in [3.05, 3.63) is 59.2 Å². The van der Waals surface area contributed by atoms with Gasteiger partial charge in [0.25, 0.3) is 11.8 Å². The molecule has 0 spiro atoms. The summed E-state index contributed by atoms with van der Waals surface area (Å²) in [4.78, 5) is 25.0. The van der Waals surface area contributed by atoms with E-state index in [4.69, 9.17) is 0 Å². The maximum absolute atomic E-state index is 12.7. The smallest absolute Gasteiger partial charge is 0.267 e. The molecular formula is C21H28N4O6S2. The third-order valence-electron chi connectivity index (χ3n) is 4.96. The van der Waals surface area contributed by atoms with Crippen molar-refractivity contribution in [2.24, 2.45) is 0 Å². The van der Waals surface area contributed by atoms with Gasteiger partial charge in [0.05, 0.1) is 9.79 Å². The van der Waals surface area contributed by atoms with Crippen LogP contribution in [-0.2, 0) is 20.0 Å². The molecule has 0 aliphatic carbocycles. The summed E-state index contributed by atoms with van der Waals surface area (Å²) in [5.74, 6) is -1.45. The van der Waals surface area contributed by atoms with Gasteiger partial charge >= 0.3 is 0 Å². The summed E-state index contributed by atoms with van der Waals surface area (Å²) >= 11 is 0. The summed E-state index contributed by atoms with van der Waals surface area (Å²) in [6.45, 7) is 5.63. The first-order valence-corrected chi connectivity index (χ1v) is 13.0. The van der Waals surface area contributed by atoms with Crippen molar-refractivity contribution in [3.63, 3.8) is 0 Å². The normalized spacial score (nSPS) is 12.1. The van der Waals surface area contributed by atoms with Crippen LogP contribution < -0.4 is 10.9 Å². The van der Waals surface area contributed by atoms with E-state index in [1.165, 1.54) is 60.9 Å². The first-order chi connectivity index (χ1) is 15.4. The number of carbonyl (C=O) groups excluding carboxylic acids is 2. The van der Waals surface area contributed by atoms with Crippen LogP contribution in [-0.4, -0.2) is 64.4 Å². The summed E-state index contributed by atoms with van der Waals surface area (Å²) in [6.07, 6.45) is 0. The van der Waals surface area contributed by atoms with Crippen LogP contribution in [0.5, 0.6) is 0 Å². The SMILES string of the molecule is CCN(CC)S(=O)(=O)c1cccc(C(=O)NNC(=O)c2cc(S(=O)(=O)N(C)C)ccc2C)c1. The Labute approximate surface area is 194 Å². The molecule has 0 aliphatic heterocycles. The number of carbonyl (C=O) groups is 2. The van der Waals surface area contributed by atoms with E-state index in [-0.39, 0.29) is 34.0 Å². The van der Waals surface area contributed by atoms with Gasteiger partial charge in [0.1, 0.15) is 0 Å². The van der Waals surface area contributed by atoms with Gasteiger partial charge in [-0.25, -0.2) is 21.1 Å². The van der Waals surface area contributed by atoms with E-state index in [1.54, 1.807) is 20.8 Å². The van der Waals surface area contributed by atoms with Crippen molar-refractivity contribution in [1.29, 1.82) is 0 Å². The fraction of sp³-hybridized carbons (Fsp3) is 0.333. The van der Waals surface area contributed by atoms with Gasteiger partial charge in [-0.1, -0.05) is 26.0 Å². The second kappa shape index (κ2) is 10.4. The molecule has 0 saturated carbocycles. The molecule has 0 saturated heterocycles. The number of benzene rings is 2. The van der Waals surface area contributed by atoms with Gasteiger partial charge in [-0.3, -0.25) is 20.4 Å². The molecule has 12 heteroatoms. The lowest BCUT2D eigenvalue weighted by atomic mass is 10.1. The predicted molar refractivity (Wildman–Crippen MR) is 124 cm³/mol. The van der Waals surface area contributed by atoms with Crippen molar-refractivity contribution in [2.75, 3.05) is 27.2 Å². The number of hydrogen-bond donors (Lipinski definition) is 2. The Morgan fingerprint density at radius 3 is 1.97 bits per heavy atom. The predicted octanol–water partition coefficient (Wildman–Crippen LogP) is 1.35. The second-order valence-electron chi connectivity index (χ2n) is 7.29. The van der Waals surface area contributed by atoms with Crippen molar-refractivity contribution >= 4 is 31.9 Å². The Hall–Kier alpha value is -2.80. The highest BCUT2D eigenvalue weighted by molar-refractivity contribution is 7.89. The minimum Gasteiger partial charge on any atom is -0.267 e. The molecule has 0 bridgehead atoms. The molecular weight excluding hydrogens is 468 g/mol. The Balaban J connectivity index is 2.22. The van der Waals surface area contributed by atoms with Crippen LogP contribution in [0.15, 0.2) is 52.3 Å². The van der Waals surface area contributed by atoms with E-state index in [2.05, 4.69) is 10.9 Å². The second-order valence-corrected chi connectivity index (χ2v) is 11.4. The molecule has 0 heterocycles. The van der Waals surface area contributed by atoms with Crippen molar-refractivity contribution < 1.29 is 26.4 Å². The number of nitrogens with one attached hydrogen (secondary N) is 2. The molecule has 2 rings (SSSR count). The molecule has 2 amide bonds. The lowest BCUT2D eigenvalue weighted by molar-refractivity contribution is 0.0846. The highest BCUT2D eigenvalue weighted by atomic mass is 32.2. The lowest BCUT2D eigenvalue weighted by Gasteiger charge is -2.18. The van der Waals surface area contributed by atoms with Crippen LogP contribution >= 0.6 is 0 Å². The van der Waals surface area contributed by atoms with Crippen molar-refractivity contribution in [1.82, 2.24) is 19.5 Å². The number of sulfonamides is 2. The van der Waals surface area contributed by atoms with E-state index in [0.717, 1.165) is 4.31 Å². The Bertz CT molecular complexity index is 1250. The van der Waals surface area contributed by atoms with Crippen LogP contribution in [0.3, 0.4) is 0 Å². The van der Waals surface area contributed by atoms with Crippen LogP contribution in [0.25, 0.3) is 0 Å². The third kappa shape index (κ3) is 5.77. The zero-order valence-electron chi connectivity index (χ0n) is 19.1. The average Bonchev–Trinajstić information content (AvgIpc) is 2.78. The van der Waals surface area contributed by atoms with Gasteiger partial charge in [0.2, 0.25) is 20.0 Å². The summed E-state index contributed by atoms with van der Waals surface area (Å²) < 4.78 is 52.4. The molecule has 33 heavy (non-hydrogen) atoms. The molecule has 0 aromatic heterocycles. The molecule has 0 radical (unpaired) electrons. The highest BCUT2D eigenvalue weighted by Gasteiger charge is 2.23. The number of nitrogens with zero attached hydrogens (tertiary/aromatic N) is 2. The van der Waals surface area contributed by atoms with Crippen LogP contribution in [0.2, 0.25) is 0 Å². The molecule has 2 aromatic rings. The maximum atomic E-state index is 12.7. The van der Waals surface area contributed by atoms with Gasteiger partial charge in [0.15, 0.2) is 0 Å². The summed E-state index contributed by atoms with van der Waals surface area (Å²) in [7, 11) is -4.75. The quantitative estimate of drug-likeness (QED) is 0.530. The van der Waals surface area contributed by atoms with Gasteiger partial charge < -0.3 is 0 Å². The summed E-state index contributed by atoms with van der Waals surface area (Å²) in [5.41, 5.74) is 5.08. The minimum absolute atomic E-state index is 0.0317. The monoisotopic (exact) mass is 496 g/mol. The van der Waals surface area contributed by atoms with Gasteiger partial charge in [0, 0.05) is 38.3 Å². The number of amides is 2. The number of hydrogen-bond acceptors (Lipinski definition) is 6. The summed E-state index contributed by atoms with van der Waals surface area (Å²) in [5, 5.41) is 0. The molecule has 2 N–H and O–H groups in total. The van der Waals surface area contributed by atoms with Crippen LogP contribution in [0, 0.1) is 6.92 Å². The van der Waals surface area contributed by atoms with Crippen molar-refractivity contribution in [3.8, 4) is 0 Å². The standard InChI is InChI=1S/C21H28N4O6S2/c1-6-25(7-2)33(30,31)17-10-8-9-16(13-17)20(26)22-23-21(27)19-14-18(12-11-15(19)3)32(28,29)24(4)5/h8-14H,6-7H2,1-5H3,(H,22,26)(H,23,27). The van der Waals surface area contributed by atoms with Gasteiger partial charge in [-0.15, -0.1) is 0 Å². The van der Waals surface area contributed by atoms with E-state index in [1.807, 2.05) is 0 Å². The Kier molecular flexibility index (Phi) is 8.36. The third-order valence-corrected chi connectivity index (χ3v) is 8.82. The minimum atomic E-state index is -3.76. The molecule has 0 unspecified atom stereocenters. The average molecular weight is 497 g/mol. The number of rotatable bonds is 8. The molecule has 2 aromatic carbocycles. The van der Waals surface area contributed by atoms with Crippen molar-refractivity contribution in [2.45, 2.75) is 30.6 Å². The van der Waals surface area contributed by atoms with E-state index in [9.17, 15) is 26.4 Å². The molecule has 180 valence electrons. The first kappa shape index (κ1) is 26.5.